The molecule has 6 aromatic rings. The maximum absolute atomic E-state index is 7.05. The highest BCUT2D eigenvalue weighted by molar-refractivity contribution is 6.19. The molecule has 0 saturated heterocycles. The summed E-state index contributed by atoms with van der Waals surface area (Å²) in [6, 6.07) is 19.7. The molecule has 0 amide bonds. The van der Waals surface area contributed by atoms with Crippen molar-refractivity contribution in [1.29, 1.82) is 0 Å². The smallest absolute Gasteiger partial charge is 0.228 e. The number of fused-ring (bicyclic) bond motifs is 5. The molecule has 1 aliphatic heterocycles. The summed E-state index contributed by atoms with van der Waals surface area (Å²) in [5, 5.41) is 7.08. The van der Waals surface area contributed by atoms with Gasteiger partial charge in [0.2, 0.25) is 5.69 Å². The normalized spacial score (nSPS) is 13.1. The Bertz CT molecular complexity index is 2150. The third-order valence-electron chi connectivity index (χ3n) is 9.03. The Kier molecular flexibility index (Phi) is 6.56. The molecule has 0 saturated carbocycles. The van der Waals surface area contributed by atoms with Crippen LogP contribution in [-0.4, -0.2) is 15.0 Å². The van der Waals surface area contributed by atoms with Crippen molar-refractivity contribution in [3.63, 3.8) is 0 Å². The molecular weight excluding hydrogens is 552 g/mol. The van der Waals surface area contributed by atoms with E-state index in [0.29, 0.717) is 11.7 Å². The highest BCUT2D eigenvalue weighted by Gasteiger charge is 2.34. The van der Waals surface area contributed by atoms with Crippen molar-refractivity contribution in [3.05, 3.63) is 83.6 Å². The van der Waals surface area contributed by atoms with Crippen LogP contribution < -0.4 is 9.30 Å². The minimum atomic E-state index is -0.217. The standard InChI is InChI=1S/C40H43N4O/c1-22(2)20-29-26-16-12-11-15-25(26)23(3)31-34-33-27(18-19-44(34)10)32-24(21-30(33)45-35(29)31)14-13-17-28(32)36-41-37(39(4,5)6)43-38(42-36)40(7,8)9/h11-19,21-22H,20H2,1-10H3/q+1. The first-order chi connectivity index (χ1) is 21.2. The van der Waals surface area contributed by atoms with Gasteiger partial charge in [-0.3, -0.25) is 0 Å². The van der Waals surface area contributed by atoms with Crippen LogP contribution in [0.5, 0.6) is 11.5 Å². The van der Waals surface area contributed by atoms with E-state index in [1.807, 2.05) is 0 Å². The summed E-state index contributed by atoms with van der Waals surface area (Å²) in [4.78, 5) is 15.2. The zero-order valence-electron chi connectivity index (χ0n) is 28.3. The summed E-state index contributed by atoms with van der Waals surface area (Å²) in [5.74, 6) is 4.71. The summed E-state index contributed by atoms with van der Waals surface area (Å²) in [6.45, 7) is 19.8. The van der Waals surface area contributed by atoms with Crippen molar-refractivity contribution in [3.8, 4) is 34.1 Å². The fourth-order valence-corrected chi connectivity index (χ4v) is 6.82. The molecule has 5 nitrogen and oxygen atoms in total. The summed E-state index contributed by atoms with van der Waals surface area (Å²) in [5.41, 5.74) is 5.49. The molecular formula is C40H43N4O+. The SMILES string of the molecule is Cc1c2c(c(CC(C)C)c3ccccc13)Oc1cc3cccc(-c4nc(C(C)(C)C)nc(C(C)(C)C)n4)c3c3cc[n+](C)c-2c13. The van der Waals surface area contributed by atoms with E-state index >= 15 is 0 Å². The Morgan fingerprint density at radius 3 is 2.09 bits per heavy atom. The lowest BCUT2D eigenvalue weighted by Gasteiger charge is -2.26. The van der Waals surface area contributed by atoms with Crippen LogP contribution >= 0.6 is 0 Å². The van der Waals surface area contributed by atoms with Crippen LogP contribution in [-0.2, 0) is 24.3 Å². The van der Waals surface area contributed by atoms with Gasteiger partial charge in [-0.05, 0) is 47.1 Å². The van der Waals surface area contributed by atoms with Crippen molar-refractivity contribution in [2.75, 3.05) is 0 Å². The van der Waals surface area contributed by atoms with E-state index in [0.717, 1.165) is 56.7 Å². The van der Waals surface area contributed by atoms with Crippen LogP contribution in [0.2, 0.25) is 0 Å². The Morgan fingerprint density at radius 2 is 1.44 bits per heavy atom. The monoisotopic (exact) mass is 595 g/mol. The van der Waals surface area contributed by atoms with Crippen LogP contribution in [0.15, 0.2) is 60.8 Å². The van der Waals surface area contributed by atoms with Gasteiger partial charge in [-0.25, -0.2) is 19.5 Å². The van der Waals surface area contributed by atoms with E-state index < -0.39 is 0 Å². The van der Waals surface area contributed by atoms with Crippen molar-refractivity contribution in [2.45, 2.75) is 79.6 Å². The number of aromatic nitrogens is 4. The first-order valence-electron chi connectivity index (χ1n) is 16.1. The van der Waals surface area contributed by atoms with Gasteiger partial charge in [0.05, 0.1) is 10.9 Å². The minimum Gasteiger partial charge on any atom is -0.455 e. The number of pyridine rings is 1. The lowest BCUT2D eigenvalue weighted by Crippen LogP contribution is -2.32. The predicted octanol–water partition coefficient (Wildman–Crippen LogP) is 9.70. The van der Waals surface area contributed by atoms with Gasteiger partial charge in [-0.2, -0.15) is 0 Å². The lowest BCUT2D eigenvalue weighted by molar-refractivity contribution is -0.659. The molecule has 7 rings (SSSR count). The molecule has 0 unspecified atom stereocenters. The van der Waals surface area contributed by atoms with Gasteiger partial charge in [0, 0.05) is 38.8 Å². The fraction of sp³-hybridized carbons (Fsp3) is 0.350. The van der Waals surface area contributed by atoms with Gasteiger partial charge >= 0.3 is 0 Å². The summed E-state index contributed by atoms with van der Waals surface area (Å²) >= 11 is 0. The molecule has 1 aliphatic rings. The molecule has 2 aromatic heterocycles. The molecule has 4 aromatic carbocycles. The van der Waals surface area contributed by atoms with Crippen LogP contribution in [0.1, 0.15) is 78.2 Å². The van der Waals surface area contributed by atoms with E-state index in [1.54, 1.807) is 0 Å². The first-order valence-corrected chi connectivity index (χ1v) is 16.1. The number of rotatable bonds is 3. The second-order valence-electron chi connectivity index (χ2n) is 15.2. The Labute approximate surface area is 266 Å². The molecule has 0 radical (unpaired) electrons. The third kappa shape index (κ3) is 4.67. The van der Waals surface area contributed by atoms with Gasteiger partial charge in [0.25, 0.3) is 0 Å². The number of ether oxygens (including phenoxy) is 1. The highest BCUT2D eigenvalue weighted by atomic mass is 16.5. The molecule has 228 valence electrons. The minimum absolute atomic E-state index is 0.217. The maximum atomic E-state index is 7.05. The number of benzene rings is 4. The molecule has 45 heavy (non-hydrogen) atoms. The maximum Gasteiger partial charge on any atom is 0.228 e. The van der Waals surface area contributed by atoms with Gasteiger partial charge in [0.15, 0.2) is 12.0 Å². The average molecular weight is 596 g/mol. The third-order valence-corrected chi connectivity index (χ3v) is 9.03. The van der Waals surface area contributed by atoms with E-state index in [1.165, 1.54) is 33.2 Å². The Hall–Kier alpha value is -4.38. The van der Waals surface area contributed by atoms with Crippen LogP contribution in [0, 0.1) is 12.8 Å². The lowest BCUT2D eigenvalue weighted by atomic mass is 9.85. The fourth-order valence-electron chi connectivity index (χ4n) is 6.82. The molecule has 5 heteroatoms. The van der Waals surface area contributed by atoms with E-state index in [-0.39, 0.29) is 10.8 Å². The van der Waals surface area contributed by atoms with Crippen molar-refractivity contribution >= 4 is 32.3 Å². The number of nitrogens with zero attached hydrogens (tertiary/aromatic N) is 4. The quantitative estimate of drug-likeness (QED) is 0.151. The molecule has 0 bridgehead atoms. The first kappa shape index (κ1) is 29.3. The second-order valence-corrected chi connectivity index (χ2v) is 15.2. The predicted molar refractivity (Wildman–Crippen MR) is 185 cm³/mol. The number of aryl methyl sites for hydroxylation is 2. The summed E-state index contributed by atoms with van der Waals surface area (Å²) in [6.07, 6.45) is 3.14. The van der Waals surface area contributed by atoms with Crippen molar-refractivity contribution in [2.24, 2.45) is 13.0 Å². The Morgan fingerprint density at radius 1 is 0.778 bits per heavy atom. The molecule has 0 fully saturated rings. The van der Waals surface area contributed by atoms with Gasteiger partial charge in [0.1, 0.15) is 30.2 Å². The highest BCUT2D eigenvalue weighted by Crippen LogP contribution is 2.53. The molecule has 0 aliphatic carbocycles. The van der Waals surface area contributed by atoms with Crippen molar-refractivity contribution < 1.29 is 9.30 Å². The topological polar surface area (TPSA) is 51.8 Å². The Balaban J connectivity index is 1.60. The second kappa shape index (κ2) is 10.1. The molecule has 0 atom stereocenters. The summed E-state index contributed by atoms with van der Waals surface area (Å²) in [7, 11) is 2.15. The molecule has 0 spiro atoms. The van der Waals surface area contributed by atoms with E-state index in [2.05, 4.69) is 135 Å². The summed E-state index contributed by atoms with van der Waals surface area (Å²) < 4.78 is 9.32. The largest absolute Gasteiger partial charge is 0.455 e. The van der Waals surface area contributed by atoms with E-state index in [4.69, 9.17) is 19.7 Å². The van der Waals surface area contributed by atoms with E-state index in [9.17, 15) is 0 Å². The number of hydrogen-bond donors (Lipinski definition) is 0. The van der Waals surface area contributed by atoms with Crippen LogP contribution in [0.25, 0.3) is 55.0 Å². The van der Waals surface area contributed by atoms with Gasteiger partial charge in [-0.15, -0.1) is 0 Å². The zero-order valence-corrected chi connectivity index (χ0v) is 28.3. The van der Waals surface area contributed by atoms with Gasteiger partial charge in [-0.1, -0.05) is 97.9 Å². The molecule has 0 N–H and O–H groups in total. The van der Waals surface area contributed by atoms with Gasteiger partial charge < -0.3 is 4.74 Å². The number of hydrogen-bond acceptors (Lipinski definition) is 4. The average Bonchev–Trinajstić information content (AvgIpc) is 2.98. The van der Waals surface area contributed by atoms with Crippen LogP contribution in [0.4, 0.5) is 0 Å². The van der Waals surface area contributed by atoms with Crippen LogP contribution in [0.3, 0.4) is 0 Å². The zero-order chi connectivity index (χ0) is 32.0. The molecule has 3 heterocycles. The van der Waals surface area contributed by atoms with Crippen molar-refractivity contribution in [1.82, 2.24) is 15.0 Å².